The van der Waals surface area contributed by atoms with Crippen LogP contribution in [0.1, 0.15) is 11.3 Å². The fourth-order valence-electron chi connectivity index (χ4n) is 1.45. The summed E-state index contributed by atoms with van der Waals surface area (Å²) in [5, 5.41) is 9.51. The van der Waals surface area contributed by atoms with Crippen molar-refractivity contribution < 1.29 is 9.53 Å². The fraction of sp³-hybridized carbons (Fsp3) is 0.231. The third-order valence-electron chi connectivity index (χ3n) is 2.69. The van der Waals surface area contributed by atoms with Crippen molar-refractivity contribution in [1.29, 1.82) is 0 Å². The lowest BCUT2D eigenvalue weighted by Crippen LogP contribution is -2.20. The Labute approximate surface area is 119 Å². The van der Waals surface area contributed by atoms with Crippen molar-refractivity contribution in [1.82, 2.24) is 10.2 Å². The van der Waals surface area contributed by atoms with Crippen LogP contribution in [0.4, 0.5) is 5.82 Å². The molecule has 0 saturated carbocycles. The van der Waals surface area contributed by atoms with Crippen LogP contribution >= 0.6 is 15.9 Å². The number of anilines is 1. The molecule has 1 heterocycles. The highest BCUT2D eigenvalue weighted by Gasteiger charge is 2.09. The first-order chi connectivity index (χ1) is 9.06. The standard InChI is InChI=1S/C13H14BrN3O2/c1-8-9(2)16-17-13(8)15-12(18)7-19-11-5-3-10(14)4-6-11/h3-6H,7H2,1-2H3,(H2,15,16,17,18). The Balaban J connectivity index is 1.88. The Morgan fingerprint density at radius 3 is 2.63 bits per heavy atom. The highest BCUT2D eigenvalue weighted by molar-refractivity contribution is 9.10. The molecule has 0 saturated heterocycles. The minimum atomic E-state index is -0.238. The Kier molecular flexibility index (Phi) is 4.21. The topological polar surface area (TPSA) is 67.0 Å². The van der Waals surface area contributed by atoms with E-state index in [0.717, 1.165) is 15.7 Å². The Morgan fingerprint density at radius 1 is 1.37 bits per heavy atom. The van der Waals surface area contributed by atoms with Gasteiger partial charge < -0.3 is 10.1 Å². The van der Waals surface area contributed by atoms with Crippen LogP contribution in [-0.4, -0.2) is 22.7 Å². The van der Waals surface area contributed by atoms with Crippen molar-refractivity contribution in [2.24, 2.45) is 0 Å². The number of aromatic nitrogens is 2. The maximum absolute atomic E-state index is 11.7. The van der Waals surface area contributed by atoms with Crippen molar-refractivity contribution >= 4 is 27.7 Å². The molecular formula is C13H14BrN3O2. The highest BCUT2D eigenvalue weighted by Crippen LogP contribution is 2.16. The number of amides is 1. The summed E-state index contributed by atoms with van der Waals surface area (Å²) < 4.78 is 6.34. The lowest BCUT2D eigenvalue weighted by atomic mass is 10.3. The first-order valence-corrected chi connectivity index (χ1v) is 6.55. The van der Waals surface area contributed by atoms with Crippen LogP contribution < -0.4 is 10.1 Å². The van der Waals surface area contributed by atoms with Gasteiger partial charge in [0.2, 0.25) is 0 Å². The van der Waals surface area contributed by atoms with Crippen molar-refractivity contribution in [3.63, 3.8) is 0 Å². The molecule has 0 aliphatic rings. The second kappa shape index (κ2) is 5.88. The molecule has 0 bridgehead atoms. The molecular weight excluding hydrogens is 310 g/mol. The molecule has 0 spiro atoms. The molecule has 1 aromatic heterocycles. The van der Waals surface area contributed by atoms with Crippen LogP contribution in [0.5, 0.6) is 5.75 Å². The van der Waals surface area contributed by atoms with Crippen LogP contribution in [0.15, 0.2) is 28.7 Å². The first-order valence-electron chi connectivity index (χ1n) is 5.76. The number of benzene rings is 1. The van der Waals surface area contributed by atoms with Crippen molar-refractivity contribution in [3.05, 3.63) is 40.0 Å². The van der Waals surface area contributed by atoms with Gasteiger partial charge in [0.1, 0.15) is 5.75 Å². The summed E-state index contributed by atoms with van der Waals surface area (Å²) in [6, 6.07) is 7.30. The summed E-state index contributed by atoms with van der Waals surface area (Å²) in [6.45, 7) is 3.74. The molecule has 19 heavy (non-hydrogen) atoms. The average molecular weight is 324 g/mol. The summed E-state index contributed by atoms with van der Waals surface area (Å²) in [4.78, 5) is 11.7. The number of rotatable bonds is 4. The third kappa shape index (κ3) is 3.57. The fourth-order valence-corrected chi connectivity index (χ4v) is 1.72. The number of aryl methyl sites for hydroxylation is 1. The normalized spacial score (nSPS) is 10.3. The molecule has 100 valence electrons. The number of carbonyl (C=O) groups is 1. The molecule has 2 rings (SSSR count). The van der Waals surface area contributed by atoms with Crippen LogP contribution in [0, 0.1) is 13.8 Å². The first kappa shape index (κ1) is 13.6. The molecule has 0 atom stereocenters. The zero-order valence-corrected chi connectivity index (χ0v) is 12.2. The Hall–Kier alpha value is -1.82. The second-order valence-electron chi connectivity index (χ2n) is 4.11. The number of aromatic amines is 1. The van der Waals surface area contributed by atoms with Crippen LogP contribution in [0.3, 0.4) is 0 Å². The number of hydrogen-bond acceptors (Lipinski definition) is 3. The largest absolute Gasteiger partial charge is 0.484 e. The van der Waals surface area contributed by atoms with Gasteiger partial charge in [0.25, 0.3) is 5.91 Å². The van der Waals surface area contributed by atoms with E-state index in [0.29, 0.717) is 11.6 Å². The van der Waals surface area contributed by atoms with Crippen molar-refractivity contribution in [2.45, 2.75) is 13.8 Å². The van der Waals surface area contributed by atoms with Crippen molar-refractivity contribution in [2.75, 3.05) is 11.9 Å². The smallest absolute Gasteiger partial charge is 0.263 e. The van der Waals surface area contributed by atoms with Gasteiger partial charge in [-0.25, -0.2) is 0 Å². The molecule has 2 aromatic rings. The number of carbonyl (C=O) groups excluding carboxylic acids is 1. The summed E-state index contributed by atoms with van der Waals surface area (Å²) in [7, 11) is 0. The van der Waals surface area contributed by atoms with E-state index in [-0.39, 0.29) is 12.5 Å². The van der Waals surface area contributed by atoms with Gasteiger partial charge in [-0.2, -0.15) is 5.10 Å². The predicted molar refractivity (Wildman–Crippen MR) is 76.3 cm³/mol. The number of hydrogen-bond donors (Lipinski definition) is 2. The molecule has 1 aromatic carbocycles. The number of ether oxygens (including phenoxy) is 1. The van der Waals surface area contributed by atoms with Gasteiger partial charge in [-0.15, -0.1) is 0 Å². The van der Waals surface area contributed by atoms with Gasteiger partial charge in [0, 0.05) is 15.7 Å². The zero-order chi connectivity index (χ0) is 13.8. The Morgan fingerprint density at radius 2 is 2.05 bits per heavy atom. The van der Waals surface area contributed by atoms with E-state index in [4.69, 9.17) is 4.74 Å². The maximum atomic E-state index is 11.7. The minimum absolute atomic E-state index is 0.0486. The molecule has 1 amide bonds. The maximum Gasteiger partial charge on any atom is 0.263 e. The molecule has 0 radical (unpaired) electrons. The summed E-state index contributed by atoms with van der Waals surface area (Å²) in [5.41, 5.74) is 1.86. The number of H-pyrrole nitrogens is 1. The van der Waals surface area contributed by atoms with E-state index in [1.807, 2.05) is 26.0 Å². The van der Waals surface area contributed by atoms with E-state index in [1.54, 1.807) is 12.1 Å². The lowest BCUT2D eigenvalue weighted by molar-refractivity contribution is -0.118. The molecule has 0 aliphatic heterocycles. The van der Waals surface area contributed by atoms with Crippen LogP contribution in [0.25, 0.3) is 0 Å². The van der Waals surface area contributed by atoms with Gasteiger partial charge >= 0.3 is 0 Å². The molecule has 0 fully saturated rings. The summed E-state index contributed by atoms with van der Waals surface area (Å²) >= 11 is 3.33. The monoisotopic (exact) mass is 323 g/mol. The van der Waals surface area contributed by atoms with Gasteiger partial charge in [-0.3, -0.25) is 9.89 Å². The van der Waals surface area contributed by atoms with Gasteiger partial charge in [-0.1, -0.05) is 15.9 Å². The quantitative estimate of drug-likeness (QED) is 0.909. The van der Waals surface area contributed by atoms with E-state index < -0.39 is 0 Å². The molecule has 5 nitrogen and oxygen atoms in total. The van der Waals surface area contributed by atoms with E-state index in [2.05, 4.69) is 31.4 Å². The average Bonchev–Trinajstić information content (AvgIpc) is 2.70. The van der Waals surface area contributed by atoms with Gasteiger partial charge in [0.15, 0.2) is 12.4 Å². The summed E-state index contributed by atoms with van der Waals surface area (Å²) in [6.07, 6.45) is 0. The zero-order valence-electron chi connectivity index (χ0n) is 10.7. The third-order valence-corrected chi connectivity index (χ3v) is 3.22. The molecule has 2 N–H and O–H groups in total. The van der Waals surface area contributed by atoms with Crippen molar-refractivity contribution in [3.8, 4) is 5.75 Å². The molecule has 0 aliphatic carbocycles. The predicted octanol–water partition coefficient (Wildman–Crippen LogP) is 2.81. The number of nitrogens with zero attached hydrogens (tertiary/aromatic N) is 1. The highest BCUT2D eigenvalue weighted by atomic mass is 79.9. The van der Waals surface area contributed by atoms with Gasteiger partial charge in [0.05, 0.1) is 0 Å². The van der Waals surface area contributed by atoms with E-state index in [9.17, 15) is 4.79 Å². The number of halogens is 1. The lowest BCUT2D eigenvalue weighted by Gasteiger charge is -2.06. The van der Waals surface area contributed by atoms with E-state index >= 15 is 0 Å². The molecule has 6 heteroatoms. The molecule has 0 unspecified atom stereocenters. The van der Waals surface area contributed by atoms with Gasteiger partial charge in [-0.05, 0) is 38.1 Å². The number of nitrogens with one attached hydrogen (secondary N) is 2. The summed E-state index contributed by atoms with van der Waals surface area (Å²) in [5.74, 6) is 0.952. The van der Waals surface area contributed by atoms with E-state index in [1.165, 1.54) is 0 Å². The minimum Gasteiger partial charge on any atom is -0.484 e. The van der Waals surface area contributed by atoms with Crippen LogP contribution in [0.2, 0.25) is 0 Å². The Bertz CT molecular complexity index is 578. The van der Waals surface area contributed by atoms with Crippen LogP contribution in [-0.2, 0) is 4.79 Å². The SMILES string of the molecule is Cc1[nH]nc(NC(=O)COc2ccc(Br)cc2)c1C. The second-order valence-corrected chi connectivity index (χ2v) is 5.03.